The van der Waals surface area contributed by atoms with Crippen LogP contribution < -0.4 is 0 Å². The molecule has 1 aliphatic heterocycles. The highest BCUT2D eigenvalue weighted by molar-refractivity contribution is 7.09. The van der Waals surface area contributed by atoms with Gasteiger partial charge in [-0.15, -0.1) is 11.3 Å². The zero-order chi connectivity index (χ0) is 17.3. The predicted molar refractivity (Wildman–Crippen MR) is 91.9 cm³/mol. The van der Waals surface area contributed by atoms with E-state index in [9.17, 15) is 9.59 Å². The van der Waals surface area contributed by atoms with Crippen LogP contribution in [0.25, 0.3) is 11.3 Å². The Balaban J connectivity index is 1.63. The molecule has 6 nitrogen and oxygen atoms in total. The molecule has 1 aliphatic rings. The second-order valence-corrected chi connectivity index (χ2v) is 7.14. The molecule has 0 unspecified atom stereocenters. The van der Waals surface area contributed by atoms with E-state index < -0.39 is 0 Å². The summed E-state index contributed by atoms with van der Waals surface area (Å²) in [5.41, 5.74) is 2.27. The van der Waals surface area contributed by atoms with Gasteiger partial charge in [-0.2, -0.15) is 0 Å². The first-order chi connectivity index (χ1) is 11.5. The maximum absolute atomic E-state index is 12.3. The van der Waals surface area contributed by atoms with E-state index in [0.29, 0.717) is 25.2 Å². The Kier molecular flexibility index (Phi) is 4.71. The number of aryl methyl sites for hydroxylation is 2. The van der Waals surface area contributed by atoms with E-state index in [1.165, 1.54) is 0 Å². The zero-order valence-electron chi connectivity index (χ0n) is 14.1. The molecule has 1 amide bonds. The Morgan fingerprint density at radius 1 is 1.50 bits per heavy atom. The topological polar surface area (TPSA) is 64.4 Å². The van der Waals surface area contributed by atoms with Gasteiger partial charge in [0.2, 0.25) is 5.91 Å². The molecule has 0 aliphatic carbocycles. The normalized spacial score (nSPS) is 17.5. The van der Waals surface area contributed by atoms with Crippen molar-refractivity contribution in [2.24, 2.45) is 13.0 Å². The van der Waals surface area contributed by atoms with Gasteiger partial charge in [-0.1, -0.05) is 0 Å². The molecule has 0 radical (unpaired) electrons. The molecule has 7 heteroatoms. The minimum atomic E-state index is -0.363. The fourth-order valence-electron chi connectivity index (χ4n) is 2.94. The van der Waals surface area contributed by atoms with E-state index in [2.05, 4.69) is 4.98 Å². The first kappa shape index (κ1) is 16.7. The Bertz CT molecular complexity index is 765. The molecule has 24 heavy (non-hydrogen) atoms. The second kappa shape index (κ2) is 6.76. The third kappa shape index (κ3) is 3.36. The summed E-state index contributed by atoms with van der Waals surface area (Å²) in [6.07, 6.45) is 2.33. The Labute approximate surface area is 145 Å². The van der Waals surface area contributed by atoms with Crippen LogP contribution >= 0.6 is 11.3 Å². The van der Waals surface area contributed by atoms with Crippen molar-refractivity contribution >= 4 is 23.2 Å². The average molecular weight is 347 g/mol. The van der Waals surface area contributed by atoms with Crippen molar-refractivity contribution in [1.29, 1.82) is 0 Å². The van der Waals surface area contributed by atoms with E-state index in [-0.39, 0.29) is 24.4 Å². The summed E-state index contributed by atoms with van der Waals surface area (Å²) in [6.45, 7) is 5.56. The average Bonchev–Trinajstić information content (AvgIpc) is 3.23. The summed E-state index contributed by atoms with van der Waals surface area (Å²) in [4.78, 5) is 30.3. The van der Waals surface area contributed by atoms with Crippen molar-refractivity contribution in [1.82, 2.24) is 14.5 Å². The maximum atomic E-state index is 12.3. The summed E-state index contributed by atoms with van der Waals surface area (Å²) in [6, 6.07) is 1.80. The molecule has 2 aromatic rings. The molecule has 0 spiro atoms. The van der Waals surface area contributed by atoms with Crippen LogP contribution in [0, 0.1) is 12.8 Å². The van der Waals surface area contributed by atoms with Crippen molar-refractivity contribution < 1.29 is 14.3 Å². The van der Waals surface area contributed by atoms with Gasteiger partial charge in [0, 0.05) is 49.6 Å². The van der Waals surface area contributed by atoms with Gasteiger partial charge in [0.05, 0.1) is 17.3 Å². The number of hydrogen-bond acceptors (Lipinski definition) is 5. The number of rotatable bonds is 5. The fraction of sp³-hybridized carbons (Fsp3) is 0.471. The lowest BCUT2D eigenvalue weighted by Crippen LogP contribution is -2.25. The number of likely N-dealkylation sites (tertiary alicyclic amines) is 1. The van der Waals surface area contributed by atoms with Crippen molar-refractivity contribution in [2.45, 2.75) is 20.3 Å². The molecular weight excluding hydrogens is 326 g/mol. The van der Waals surface area contributed by atoms with Gasteiger partial charge < -0.3 is 14.2 Å². The van der Waals surface area contributed by atoms with Crippen molar-refractivity contribution in [2.75, 3.05) is 19.7 Å². The SMILES string of the molecule is CCN1C[C@@H](COC(=O)c2cc(-c3csc(C)n3)cn2C)CC1=O. The number of ether oxygens (including phenoxy) is 1. The minimum absolute atomic E-state index is 0.0855. The number of aromatic nitrogens is 2. The Morgan fingerprint density at radius 3 is 2.92 bits per heavy atom. The molecule has 128 valence electrons. The van der Waals surface area contributed by atoms with Crippen LogP contribution in [0.15, 0.2) is 17.6 Å². The number of carbonyl (C=O) groups excluding carboxylic acids is 2. The first-order valence-electron chi connectivity index (χ1n) is 8.01. The summed E-state index contributed by atoms with van der Waals surface area (Å²) < 4.78 is 7.19. The highest BCUT2D eigenvalue weighted by Gasteiger charge is 2.29. The molecule has 2 aromatic heterocycles. The molecule has 3 rings (SSSR count). The van der Waals surface area contributed by atoms with Crippen LogP contribution in [0.3, 0.4) is 0 Å². The van der Waals surface area contributed by atoms with Crippen LogP contribution in [0.2, 0.25) is 0 Å². The van der Waals surface area contributed by atoms with Crippen LogP contribution in [-0.4, -0.2) is 46.0 Å². The molecule has 0 aromatic carbocycles. The van der Waals surface area contributed by atoms with Gasteiger partial charge in [0.1, 0.15) is 5.69 Å². The number of nitrogens with zero attached hydrogens (tertiary/aromatic N) is 3. The minimum Gasteiger partial charge on any atom is -0.461 e. The summed E-state index contributed by atoms with van der Waals surface area (Å²) in [5, 5.41) is 2.97. The molecule has 0 N–H and O–H groups in total. The smallest absolute Gasteiger partial charge is 0.354 e. The number of hydrogen-bond donors (Lipinski definition) is 0. The fourth-order valence-corrected chi connectivity index (χ4v) is 3.56. The number of carbonyl (C=O) groups is 2. The molecule has 1 saturated heterocycles. The quantitative estimate of drug-likeness (QED) is 0.780. The van der Waals surface area contributed by atoms with Crippen LogP contribution in [-0.2, 0) is 16.6 Å². The van der Waals surface area contributed by atoms with E-state index in [0.717, 1.165) is 16.3 Å². The lowest BCUT2D eigenvalue weighted by molar-refractivity contribution is -0.127. The summed E-state index contributed by atoms with van der Waals surface area (Å²) in [7, 11) is 1.82. The lowest BCUT2D eigenvalue weighted by Gasteiger charge is -2.13. The van der Waals surface area contributed by atoms with Crippen LogP contribution in [0.4, 0.5) is 0 Å². The second-order valence-electron chi connectivity index (χ2n) is 6.08. The predicted octanol–water partition coefficient (Wildman–Crippen LogP) is 2.48. The van der Waals surface area contributed by atoms with Gasteiger partial charge in [-0.3, -0.25) is 4.79 Å². The van der Waals surface area contributed by atoms with E-state index in [1.807, 2.05) is 32.5 Å². The zero-order valence-corrected chi connectivity index (χ0v) is 14.9. The van der Waals surface area contributed by atoms with Gasteiger partial charge in [-0.25, -0.2) is 9.78 Å². The third-order valence-corrected chi connectivity index (χ3v) is 5.03. The van der Waals surface area contributed by atoms with Crippen LogP contribution in [0.5, 0.6) is 0 Å². The third-order valence-electron chi connectivity index (χ3n) is 4.26. The molecule has 1 fully saturated rings. The molecular formula is C17H21N3O3S. The Morgan fingerprint density at radius 2 is 2.29 bits per heavy atom. The lowest BCUT2D eigenvalue weighted by atomic mass is 10.1. The van der Waals surface area contributed by atoms with Crippen molar-refractivity contribution in [3.63, 3.8) is 0 Å². The van der Waals surface area contributed by atoms with Crippen LogP contribution in [0.1, 0.15) is 28.8 Å². The van der Waals surface area contributed by atoms with Gasteiger partial charge in [0.25, 0.3) is 0 Å². The molecule has 1 atom stereocenters. The summed E-state index contributed by atoms with van der Waals surface area (Å²) >= 11 is 1.58. The van der Waals surface area contributed by atoms with E-state index in [1.54, 1.807) is 26.9 Å². The Hall–Kier alpha value is -2.15. The highest BCUT2D eigenvalue weighted by atomic mass is 32.1. The largest absolute Gasteiger partial charge is 0.461 e. The summed E-state index contributed by atoms with van der Waals surface area (Å²) in [5.74, 6) is -0.140. The molecule has 3 heterocycles. The standard InChI is InChI=1S/C17H21N3O3S/c1-4-20-7-12(5-16(20)21)9-23-17(22)15-6-13(8-19(15)3)14-10-24-11(2)18-14/h6,8,10,12H,4-5,7,9H2,1-3H3/t12-/m0/s1. The van der Waals surface area contributed by atoms with E-state index in [4.69, 9.17) is 4.74 Å². The highest BCUT2D eigenvalue weighted by Crippen LogP contribution is 2.24. The van der Waals surface area contributed by atoms with Crippen molar-refractivity contribution in [3.8, 4) is 11.3 Å². The van der Waals surface area contributed by atoms with E-state index >= 15 is 0 Å². The number of thiazole rings is 1. The van der Waals surface area contributed by atoms with Crippen molar-refractivity contribution in [3.05, 3.63) is 28.3 Å². The number of amides is 1. The van der Waals surface area contributed by atoms with Gasteiger partial charge >= 0.3 is 5.97 Å². The first-order valence-corrected chi connectivity index (χ1v) is 8.89. The maximum Gasteiger partial charge on any atom is 0.354 e. The number of esters is 1. The molecule has 0 bridgehead atoms. The van der Waals surface area contributed by atoms with Gasteiger partial charge in [0.15, 0.2) is 0 Å². The molecule has 0 saturated carbocycles. The monoisotopic (exact) mass is 347 g/mol. The van der Waals surface area contributed by atoms with Gasteiger partial charge in [-0.05, 0) is 19.9 Å².